The number of benzene rings is 3. The maximum atomic E-state index is 13.1. The molecule has 6 heteroatoms. The number of aromatic nitrogens is 2. The van der Waals surface area contributed by atoms with E-state index in [1.165, 1.54) is 0 Å². The number of rotatable bonds is 5. The van der Waals surface area contributed by atoms with Gasteiger partial charge in [0.25, 0.3) is 0 Å². The number of hydrogen-bond acceptors (Lipinski definition) is 5. The molecule has 0 amide bonds. The van der Waals surface area contributed by atoms with Crippen LogP contribution in [0.4, 0.5) is 5.69 Å². The molecule has 6 nitrogen and oxygen atoms in total. The minimum Gasteiger partial charge on any atom is -0.455 e. The average molecular weight is 452 g/mol. The van der Waals surface area contributed by atoms with Crippen molar-refractivity contribution in [1.82, 2.24) is 9.55 Å². The number of nitrogens with zero attached hydrogens (tertiary/aromatic N) is 2. The normalized spacial score (nSPS) is 12.2. The van der Waals surface area contributed by atoms with Crippen LogP contribution in [0, 0.1) is 13.8 Å². The zero-order valence-corrected chi connectivity index (χ0v) is 19.5. The van der Waals surface area contributed by atoms with Gasteiger partial charge in [0.05, 0.1) is 22.5 Å². The van der Waals surface area contributed by atoms with Crippen molar-refractivity contribution in [2.75, 3.05) is 5.32 Å². The third-order valence-corrected chi connectivity index (χ3v) is 6.32. The molecule has 0 spiro atoms. The molecule has 170 valence electrons. The number of aldehydes is 1. The van der Waals surface area contributed by atoms with Gasteiger partial charge in [-0.3, -0.25) is 9.59 Å². The number of nitrogens with one attached hydrogen (secondary N) is 1. The summed E-state index contributed by atoms with van der Waals surface area (Å²) in [6, 6.07) is 18.4. The van der Waals surface area contributed by atoms with Gasteiger partial charge in [-0.2, -0.15) is 0 Å². The highest BCUT2D eigenvalue weighted by atomic mass is 16.3. The van der Waals surface area contributed by atoms with Gasteiger partial charge in [0.2, 0.25) is 0 Å². The van der Waals surface area contributed by atoms with Crippen LogP contribution in [0.3, 0.4) is 0 Å². The van der Waals surface area contributed by atoms with E-state index >= 15 is 0 Å². The lowest BCUT2D eigenvalue weighted by molar-refractivity contribution is 0.112. The Labute approximate surface area is 196 Å². The van der Waals surface area contributed by atoms with Crippen molar-refractivity contribution in [2.45, 2.75) is 26.8 Å². The topological polar surface area (TPSA) is 77.1 Å². The number of imidazole rings is 1. The largest absolute Gasteiger partial charge is 0.455 e. The van der Waals surface area contributed by atoms with E-state index in [0.717, 1.165) is 45.5 Å². The third-order valence-electron chi connectivity index (χ3n) is 6.32. The predicted molar refractivity (Wildman–Crippen MR) is 136 cm³/mol. The van der Waals surface area contributed by atoms with Gasteiger partial charge in [-0.25, -0.2) is 4.98 Å². The molecule has 0 bridgehead atoms. The number of hydrogen-bond donors (Lipinski definition) is 1. The minimum atomic E-state index is -0.205. The lowest BCUT2D eigenvalue weighted by Gasteiger charge is -2.19. The summed E-state index contributed by atoms with van der Waals surface area (Å²) in [6.45, 7) is 5.91. The zero-order chi connectivity index (χ0) is 24.0. The van der Waals surface area contributed by atoms with Crippen molar-refractivity contribution in [2.24, 2.45) is 7.05 Å². The first-order valence-corrected chi connectivity index (χ1v) is 11.2. The van der Waals surface area contributed by atoms with Crippen LogP contribution in [0.15, 0.2) is 69.9 Å². The summed E-state index contributed by atoms with van der Waals surface area (Å²) in [5, 5.41) is 3.94. The highest BCUT2D eigenvalue weighted by Crippen LogP contribution is 2.32. The quantitative estimate of drug-likeness (QED) is 0.334. The fraction of sp³-hybridized carbons (Fsp3) is 0.179. The third kappa shape index (κ3) is 3.67. The van der Waals surface area contributed by atoms with E-state index in [0.29, 0.717) is 22.3 Å². The van der Waals surface area contributed by atoms with E-state index in [1.807, 2.05) is 80.9 Å². The van der Waals surface area contributed by atoms with Crippen LogP contribution in [0.1, 0.15) is 40.3 Å². The van der Waals surface area contributed by atoms with Gasteiger partial charge >= 0.3 is 0 Å². The molecule has 0 saturated carbocycles. The first kappa shape index (κ1) is 21.6. The van der Waals surface area contributed by atoms with Crippen LogP contribution in [0.5, 0.6) is 0 Å². The molecular weight excluding hydrogens is 426 g/mol. The van der Waals surface area contributed by atoms with Crippen molar-refractivity contribution in [3.8, 4) is 11.3 Å². The van der Waals surface area contributed by atoms with E-state index in [2.05, 4.69) is 10.3 Å². The Balaban J connectivity index is 1.65. The highest BCUT2D eigenvalue weighted by Gasteiger charge is 2.17. The summed E-state index contributed by atoms with van der Waals surface area (Å²) in [4.78, 5) is 29.2. The number of para-hydroxylation sites is 1. The smallest absolute Gasteiger partial charge is 0.193 e. The van der Waals surface area contributed by atoms with Crippen LogP contribution in [0.2, 0.25) is 0 Å². The molecule has 5 rings (SSSR count). The molecule has 1 unspecified atom stereocenters. The number of carbonyl (C=O) groups is 1. The molecule has 0 aliphatic carbocycles. The number of anilines is 1. The van der Waals surface area contributed by atoms with Gasteiger partial charge < -0.3 is 14.3 Å². The molecule has 34 heavy (non-hydrogen) atoms. The molecule has 0 aliphatic rings. The molecular formula is C28H25N3O3. The Morgan fingerprint density at radius 3 is 2.65 bits per heavy atom. The Morgan fingerprint density at radius 1 is 1.06 bits per heavy atom. The second-order valence-electron chi connectivity index (χ2n) is 8.70. The molecule has 0 saturated heterocycles. The second-order valence-corrected chi connectivity index (χ2v) is 8.70. The Morgan fingerprint density at radius 2 is 1.85 bits per heavy atom. The van der Waals surface area contributed by atoms with Crippen molar-refractivity contribution in [1.29, 1.82) is 0 Å². The molecule has 0 radical (unpaired) electrons. The lowest BCUT2D eigenvalue weighted by atomic mass is 10.00. The number of carbonyl (C=O) groups excluding carboxylic acids is 1. The first-order chi connectivity index (χ1) is 16.4. The maximum Gasteiger partial charge on any atom is 0.193 e. The highest BCUT2D eigenvalue weighted by molar-refractivity contribution is 5.87. The van der Waals surface area contributed by atoms with Gasteiger partial charge in [-0.1, -0.05) is 18.2 Å². The Bertz CT molecular complexity index is 1630. The van der Waals surface area contributed by atoms with E-state index in [1.54, 1.807) is 12.1 Å². The monoisotopic (exact) mass is 451 g/mol. The second kappa shape index (κ2) is 8.30. The summed E-state index contributed by atoms with van der Waals surface area (Å²) in [5.41, 5.74) is 6.26. The standard InChI is InChI=1S/C28H25N3O3/c1-16-11-21(17(2)29-23-8-6-5-7-20(23)15-32)28-22(12-16)26(33)14-27(34-28)19-9-10-24-25(13-19)31(4)18(3)30-24/h5-15,17,29H,1-4H3. The van der Waals surface area contributed by atoms with Crippen LogP contribution in [-0.4, -0.2) is 15.8 Å². The summed E-state index contributed by atoms with van der Waals surface area (Å²) < 4.78 is 8.40. The first-order valence-electron chi connectivity index (χ1n) is 11.2. The molecule has 3 aromatic carbocycles. The van der Waals surface area contributed by atoms with E-state index in [-0.39, 0.29) is 11.5 Å². The fourth-order valence-electron chi connectivity index (χ4n) is 4.40. The van der Waals surface area contributed by atoms with Crippen LogP contribution in [0.25, 0.3) is 33.3 Å². The van der Waals surface area contributed by atoms with Crippen molar-refractivity contribution < 1.29 is 9.21 Å². The minimum absolute atomic E-state index is 0.0945. The Kier molecular flexibility index (Phi) is 5.28. The van der Waals surface area contributed by atoms with Gasteiger partial charge in [-0.05, 0) is 62.7 Å². The van der Waals surface area contributed by atoms with E-state index in [9.17, 15) is 9.59 Å². The molecule has 2 heterocycles. The molecule has 0 fully saturated rings. The van der Waals surface area contributed by atoms with Crippen molar-refractivity contribution >= 4 is 34.0 Å². The lowest BCUT2D eigenvalue weighted by Crippen LogP contribution is -2.11. The zero-order valence-electron chi connectivity index (χ0n) is 19.5. The van der Waals surface area contributed by atoms with Crippen LogP contribution >= 0.6 is 0 Å². The van der Waals surface area contributed by atoms with Crippen molar-refractivity contribution in [3.63, 3.8) is 0 Å². The molecule has 1 atom stereocenters. The Hall–Kier alpha value is -4.19. The number of aryl methyl sites for hydroxylation is 3. The van der Waals surface area contributed by atoms with Gasteiger partial charge in [-0.15, -0.1) is 0 Å². The average Bonchev–Trinajstić information content (AvgIpc) is 3.12. The van der Waals surface area contributed by atoms with Gasteiger partial charge in [0.1, 0.15) is 17.2 Å². The van der Waals surface area contributed by atoms with Crippen LogP contribution < -0.4 is 10.7 Å². The maximum absolute atomic E-state index is 13.1. The number of fused-ring (bicyclic) bond motifs is 2. The summed E-state index contributed by atoms with van der Waals surface area (Å²) in [5.74, 6) is 1.42. The molecule has 2 aromatic heterocycles. The van der Waals surface area contributed by atoms with Crippen LogP contribution in [-0.2, 0) is 7.05 Å². The van der Waals surface area contributed by atoms with Gasteiger partial charge in [0.15, 0.2) is 11.7 Å². The SMILES string of the molecule is Cc1cc(C(C)Nc2ccccc2C=O)c2oc(-c3ccc4nc(C)n(C)c4c3)cc(=O)c2c1. The summed E-state index contributed by atoms with van der Waals surface area (Å²) in [7, 11) is 1.97. The van der Waals surface area contributed by atoms with Crippen molar-refractivity contribution in [3.05, 3.63) is 93.4 Å². The molecule has 1 N–H and O–H groups in total. The molecule has 0 aliphatic heterocycles. The van der Waals surface area contributed by atoms with E-state index in [4.69, 9.17) is 4.42 Å². The predicted octanol–water partition coefficient (Wildman–Crippen LogP) is 5.95. The fourth-order valence-corrected chi connectivity index (χ4v) is 4.40. The molecule has 5 aromatic rings. The van der Waals surface area contributed by atoms with E-state index < -0.39 is 0 Å². The van der Waals surface area contributed by atoms with Gasteiger partial charge in [0, 0.05) is 35.5 Å². The summed E-state index contributed by atoms with van der Waals surface area (Å²) >= 11 is 0. The summed E-state index contributed by atoms with van der Waals surface area (Å²) in [6.07, 6.45) is 0.831.